The number of anilines is 1. The van der Waals surface area contributed by atoms with Crippen molar-refractivity contribution in [1.29, 1.82) is 5.26 Å². The average Bonchev–Trinajstić information content (AvgIpc) is 3.47. The molecule has 0 saturated heterocycles. The fraction of sp³-hybridized carbons (Fsp3) is 0.250. The summed E-state index contributed by atoms with van der Waals surface area (Å²) in [6.07, 6.45) is 8.65. The fourth-order valence-corrected chi connectivity index (χ4v) is 3.02. The number of hydrogen-bond acceptors (Lipinski definition) is 4. The molecular formula is C20H18N4. The van der Waals surface area contributed by atoms with Crippen LogP contribution in [0.5, 0.6) is 0 Å². The molecule has 2 heterocycles. The summed E-state index contributed by atoms with van der Waals surface area (Å²) in [4.78, 5) is 8.38. The monoisotopic (exact) mass is 314 g/mol. The number of pyridine rings is 2. The molecule has 1 aliphatic carbocycles. The van der Waals surface area contributed by atoms with Gasteiger partial charge in [0.05, 0.1) is 23.0 Å². The number of fused-ring (bicyclic) bond motifs is 1. The van der Waals surface area contributed by atoms with Gasteiger partial charge < -0.3 is 5.32 Å². The molecule has 1 saturated carbocycles. The molecule has 1 N–H and O–H groups in total. The van der Waals surface area contributed by atoms with E-state index in [4.69, 9.17) is 0 Å². The van der Waals surface area contributed by atoms with Crippen LogP contribution in [0.3, 0.4) is 0 Å². The average molecular weight is 314 g/mol. The summed E-state index contributed by atoms with van der Waals surface area (Å²) >= 11 is 0. The minimum Gasteiger partial charge on any atom is -0.383 e. The number of nitrogens with one attached hydrogen (secondary N) is 1. The van der Waals surface area contributed by atoms with Crippen molar-refractivity contribution in [3.05, 3.63) is 65.6 Å². The van der Waals surface area contributed by atoms with Crippen LogP contribution in [0.25, 0.3) is 10.9 Å². The van der Waals surface area contributed by atoms with E-state index in [9.17, 15) is 5.26 Å². The van der Waals surface area contributed by atoms with Crippen molar-refractivity contribution in [3.8, 4) is 6.07 Å². The summed E-state index contributed by atoms with van der Waals surface area (Å²) in [6, 6.07) is 13.1. The van der Waals surface area contributed by atoms with Gasteiger partial charge in [-0.05, 0) is 42.4 Å². The molecule has 4 nitrogen and oxygen atoms in total. The van der Waals surface area contributed by atoms with E-state index in [1.165, 1.54) is 24.0 Å². The normalized spacial score (nSPS) is 13.6. The molecule has 0 amide bonds. The highest BCUT2D eigenvalue weighted by Crippen LogP contribution is 2.39. The molecule has 0 atom stereocenters. The molecule has 4 rings (SSSR count). The Labute approximate surface area is 141 Å². The molecule has 0 aliphatic heterocycles. The third kappa shape index (κ3) is 2.93. The molecule has 3 aromatic rings. The number of rotatable bonds is 5. The van der Waals surface area contributed by atoms with Crippen molar-refractivity contribution < 1.29 is 0 Å². The van der Waals surface area contributed by atoms with Gasteiger partial charge in [-0.1, -0.05) is 24.3 Å². The lowest BCUT2D eigenvalue weighted by Crippen LogP contribution is -2.07. The van der Waals surface area contributed by atoms with Crippen molar-refractivity contribution in [1.82, 2.24) is 9.97 Å². The highest BCUT2D eigenvalue weighted by Gasteiger charge is 2.22. The molecule has 1 aromatic carbocycles. The van der Waals surface area contributed by atoms with Crippen LogP contribution in [0.1, 0.15) is 35.4 Å². The summed E-state index contributed by atoms with van der Waals surface area (Å²) in [6.45, 7) is 0.777. The zero-order valence-electron chi connectivity index (χ0n) is 13.4. The van der Waals surface area contributed by atoms with Gasteiger partial charge in [-0.15, -0.1) is 0 Å². The highest BCUT2D eigenvalue weighted by atomic mass is 14.9. The van der Waals surface area contributed by atoms with Crippen LogP contribution in [0, 0.1) is 11.3 Å². The highest BCUT2D eigenvalue weighted by molar-refractivity contribution is 5.93. The maximum Gasteiger partial charge on any atom is 0.103 e. The van der Waals surface area contributed by atoms with Crippen molar-refractivity contribution in [3.63, 3.8) is 0 Å². The first-order valence-electron chi connectivity index (χ1n) is 8.30. The number of nitrogens with zero attached hydrogens (tertiary/aromatic N) is 3. The van der Waals surface area contributed by atoms with E-state index in [0.29, 0.717) is 5.56 Å². The molecule has 118 valence electrons. The first-order chi connectivity index (χ1) is 11.8. The van der Waals surface area contributed by atoms with Crippen molar-refractivity contribution in [2.75, 3.05) is 11.9 Å². The van der Waals surface area contributed by atoms with Crippen LogP contribution in [-0.2, 0) is 6.42 Å². The number of hydrogen-bond donors (Lipinski definition) is 1. The lowest BCUT2D eigenvalue weighted by Gasteiger charge is -2.11. The van der Waals surface area contributed by atoms with Gasteiger partial charge in [-0.2, -0.15) is 5.26 Å². The van der Waals surface area contributed by atoms with Gasteiger partial charge in [0.2, 0.25) is 0 Å². The summed E-state index contributed by atoms with van der Waals surface area (Å²) in [5.41, 5.74) is 4.99. The quantitative estimate of drug-likeness (QED) is 0.772. The molecule has 0 radical (unpaired) electrons. The van der Waals surface area contributed by atoms with Gasteiger partial charge in [0, 0.05) is 24.3 Å². The first-order valence-corrected chi connectivity index (χ1v) is 8.30. The maximum absolute atomic E-state index is 9.34. The Morgan fingerprint density at radius 1 is 1.12 bits per heavy atom. The number of nitriles is 1. The third-order valence-electron chi connectivity index (χ3n) is 4.54. The SMILES string of the molecule is N#Cc1cnc2cnccc2c1NCCc1ccc(C2CC2)cc1. The Bertz CT molecular complexity index is 905. The van der Waals surface area contributed by atoms with E-state index in [1.54, 1.807) is 18.6 Å². The van der Waals surface area contributed by atoms with Crippen LogP contribution >= 0.6 is 0 Å². The van der Waals surface area contributed by atoms with Crippen molar-refractivity contribution in [2.45, 2.75) is 25.2 Å². The Kier molecular flexibility index (Phi) is 3.84. The van der Waals surface area contributed by atoms with Crippen LogP contribution in [0.2, 0.25) is 0 Å². The number of benzene rings is 1. The Balaban J connectivity index is 1.49. The molecule has 1 fully saturated rings. The molecule has 2 aromatic heterocycles. The van der Waals surface area contributed by atoms with Gasteiger partial charge in [0.1, 0.15) is 6.07 Å². The molecule has 4 heteroatoms. The van der Waals surface area contributed by atoms with Gasteiger partial charge in [-0.25, -0.2) is 0 Å². The molecular weight excluding hydrogens is 296 g/mol. The predicted octanol–water partition coefficient (Wildman–Crippen LogP) is 4.03. The van der Waals surface area contributed by atoms with E-state index in [1.807, 2.05) is 6.07 Å². The molecule has 0 spiro atoms. The lowest BCUT2D eigenvalue weighted by molar-refractivity contribution is 1.01. The second kappa shape index (κ2) is 6.29. The Hall–Kier alpha value is -2.93. The van der Waals surface area contributed by atoms with E-state index < -0.39 is 0 Å². The fourth-order valence-electron chi connectivity index (χ4n) is 3.02. The third-order valence-corrected chi connectivity index (χ3v) is 4.54. The van der Waals surface area contributed by atoms with E-state index in [-0.39, 0.29) is 0 Å². The molecule has 0 unspecified atom stereocenters. The lowest BCUT2D eigenvalue weighted by atomic mass is 10.1. The zero-order valence-corrected chi connectivity index (χ0v) is 13.4. The Morgan fingerprint density at radius 2 is 1.96 bits per heavy atom. The van der Waals surface area contributed by atoms with E-state index in [0.717, 1.165) is 35.5 Å². The smallest absolute Gasteiger partial charge is 0.103 e. The van der Waals surface area contributed by atoms with Crippen molar-refractivity contribution >= 4 is 16.6 Å². The molecule has 24 heavy (non-hydrogen) atoms. The second-order valence-corrected chi connectivity index (χ2v) is 6.24. The minimum atomic E-state index is 0.567. The summed E-state index contributed by atoms with van der Waals surface area (Å²) in [7, 11) is 0. The summed E-state index contributed by atoms with van der Waals surface area (Å²) in [5, 5.41) is 13.7. The minimum absolute atomic E-state index is 0.567. The van der Waals surface area contributed by atoms with Crippen LogP contribution in [0.15, 0.2) is 48.9 Å². The van der Waals surface area contributed by atoms with E-state index >= 15 is 0 Å². The molecule has 0 bridgehead atoms. The van der Waals surface area contributed by atoms with Crippen LogP contribution in [-0.4, -0.2) is 16.5 Å². The number of aromatic nitrogens is 2. The second-order valence-electron chi connectivity index (χ2n) is 6.24. The Morgan fingerprint density at radius 3 is 2.71 bits per heavy atom. The molecule has 1 aliphatic rings. The van der Waals surface area contributed by atoms with Gasteiger partial charge in [-0.3, -0.25) is 9.97 Å². The van der Waals surface area contributed by atoms with E-state index in [2.05, 4.69) is 45.6 Å². The van der Waals surface area contributed by atoms with Crippen molar-refractivity contribution in [2.24, 2.45) is 0 Å². The van der Waals surface area contributed by atoms with Crippen LogP contribution in [0.4, 0.5) is 5.69 Å². The zero-order chi connectivity index (χ0) is 16.4. The van der Waals surface area contributed by atoms with Gasteiger partial charge >= 0.3 is 0 Å². The topological polar surface area (TPSA) is 61.6 Å². The predicted molar refractivity (Wildman–Crippen MR) is 94.9 cm³/mol. The first kappa shape index (κ1) is 14.6. The summed E-state index contributed by atoms with van der Waals surface area (Å²) < 4.78 is 0. The van der Waals surface area contributed by atoms with Gasteiger partial charge in [0.25, 0.3) is 0 Å². The standard InChI is InChI=1S/C20H18N4/c21-11-17-12-24-19-13-22-9-8-18(19)20(17)23-10-7-14-1-3-15(4-2-14)16-5-6-16/h1-4,8-9,12-13,16H,5-7,10H2,(H,23,24). The van der Waals surface area contributed by atoms with Gasteiger partial charge in [0.15, 0.2) is 0 Å². The van der Waals surface area contributed by atoms with Crippen LogP contribution < -0.4 is 5.32 Å². The maximum atomic E-state index is 9.34. The summed E-state index contributed by atoms with van der Waals surface area (Å²) in [5.74, 6) is 0.798. The largest absolute Gasteiger partial charge is 0.383 e.